The molecule has 6 nitrogen and oxygen atoms in total. The normalized spacial score (nSPS) is 18.2. The van der Waals surface area contributed by atoms with Crippen LogP contribution in [0.3, 0.4) is 0 Å². The van der Waals surface area contributed by atoms with Crippen molar-refractivity contribution in [3.8, 4) is 0 Å². The van der Waals surface area contributed by atoms with Crippen LogP contribution in [0.2, 0.25) is 0 Å². The number of hydrogen-bond donors (Lipinski definition) is 0. The van der Waals surface area contributed by atoms with Crippen LogP contribution in [0.5, 0.6) is 0 Å². The molecule has 0 radical (unpaired) electrons. The number of ether oxygens (including phenoxy) is 1. The summed E-state index contributed by atoms with van der Waals surface area (Å²) in [7, 11) is 0. The lowest BCUT2D eigenvalue weighted by Crippen LogP contribution is -2.40. The molecule has 0 saturated carbocycles. The molecule has 2 aliphatic heterocycles. The van der Waals surface area contributed by atoms with Crippen LogP contribution < -0.4 is 0 Å². The molecule has 1 amide bonds. The molecule has 194 valence electrons. The number of hydrogen-bond acceptors (Lipinski definition) is 5. The molecular weight excluding hydrogens is 522 g/mol. The lowest BCUT2D eigenvalue weighted by molar-refractivity contribution is -0.143. The van der Waals surface area contributed by atoms with Crippen LogP contribution in [-0.2, 0) is 23.6 Å². The van der Waals surface area contributed by atoms with Crippen molar-refractivity contribution in [2.45, 2.75) is 18.9 Å². The van der Waals surface area contributed by atoms with Crippen molar-refractivity contribution in [1.29, 1.82) is 0 Å². The number of thioether (sulfide) groups is 1. The SMILES string of the molecule is O=C1N=C(N2CCOCC2)/C(=C/c2ccc3nn(Cc4ccc(C(F)(F)F)cc4C(F)(F)F)cc3c2)S1. The highest BCUT2D eigenvalue weighted by molar-refractivity contribution is 8.18. The highest BCUT2D eigenvalue weighted by atomic mass is 32.2. The van der Waals surface area contributed by atoms with E-state index in [2.05, 4.69) is 10.1 Å². The maximum atomic E-state index is 13.5. The zero-order valence-corrected chi connectivity index (χ0v) is 19.8. The Kier molecular flexibility index (Phi) is 6.52. The number of carbonyl (C=O) groups is 1. The molecule has 5 rings (SSSR count). The smallest absolute Gasteiger partial charge is 0.378 e. The second-order valence-electron chi connectivity index (χ2n) is 8.42. The summed E-state index contributed by atoms with van der Waals surface area (Å²) >= 11 is 1.01. The van der Waals surface area contributed by atoms with E-state index in [1.54, 1.807) is 24.3 Å². The molecule has 3 aromatic rings. The topological polar surface area (TPSA) is 59.7 Å². The fourth-order valence-corrected chi connectivity index (χ4v) is 4.93. The second-order valence-corrected chi connectivity index (χ2v) is 9.42. The van der Waals surface area contributed by atoms with E-state index in [1.807, 2.05) is 4.90 Å². The lowest BCUT2D eigenvalue weighted by Gasteiger charge is -2.28. The predicted molar refractivity (Wildman–Crippen MR) is 126 cm³/mol. The van der Waals surface area contributed by atoms with Crippen molar-refractivity contribution in [1.82, 2.24) is 14.7 Å². The molecule has 1 fully saturated rings. The number of halogens is 6. The average Bonchev–Trinajstić information content (AvgIpc) is 3.40. The van der Waals surface area contributed by atoms with Gasteiger partial charge in [0.2, 0.25) is 0 Å². The summed E-state index contributed by atoms with van der Waals surface area (Å²) in [6.45, 7) is 1.92. The van der Waals surface area contributed by atoms with Crippen molar-refractivity contribution in [3.05, 3.63) is 69.8 Å². The van der Waals surface area contributed by atoms with Gasteiger partial charge < -0.3 is 9.64 Å². The molecule has 0 atom stereocenters. The van der Waals surface area contributed by atoms with Gasteiger partial charge in [-0.2, -0.15) is 36.4 Å². The van der Waals surface area contributed by atoms with Crippen molar-refractivity contribution in [3.63, 3.8) is 0 Å². The largest absolute Gasteiger partial charge is 0.416 e. The molecule has 0 spiro atoms. The van der Waals surface area contributed by atoms with Gasteiger partial charge in [0, 0.05) is 24.7 Å². The van der Waals surface area contributed by atoms with Crippen LogP contribution in [0.15, 0.2) is 52.5 Å². The summed E-state index contributed by atoms with van der Waals surface area (Å²) in [5.74, 6) is 0.580. The minimum absolute atomic E-state index is 0.122. The molecule has 0 bridgehead atoms. The van der Waals surface area contributed by atoms with Gasteiger partial charge in [-0.05, 0) is 53.2 Å². The van der Waals surface area contributed by atoms with E-state index in [1.165, 1.54) is 10.9 Å². The molecular formula is C24H18F6N4O2S. The third kappa shape index (κ3) is 5.52. The van der Waals surface area contributed by atoms with E-state index in [9.17, 15) is 31.1 Å². The van der Waals surface area contributed by atoms with E-state index in [-0.39, 0.29) is 23.4 Å². The summed E-state index contributed by atoms with van der Waals surface area (Å²) in [6, 6.07) is 6.79. The molecule has 0 unspecified atom stereocenters. The lowest BCUT2D eigenvalue weighted by atomic mass is 10.0. The van der Waals surface area contributed by atoms with Gasteiger partial charge in [-0.15, -0.1) is 0 Å². The number of aromatic nitrogens is 2. The number of alkyl halides is 6. The summed E-state index contributed by atoms with van der Waals surface area (Å²) in [5, 5.41) is 4.58. The van der Waals surface area contributed by atoms with E-state index >= 15 is 0 Å². The Hall–Kier alpha value is -3.32. The predicted octanol–water partition coefficient (Wildman–Crippen LogP) is 6.06. The summed E-state index contributed by atoms with van der Waals surface area (Å²) < 4.78 is 86.0. The number of amidine groups is 1. The van der Waals surface area contributed by atoms with Gasteiger partial charge >= 0.3 is 17.6 Å². The van der Waals surface area contributed by atoms with E-state index in [0.29, 0.717) is 54.0 Å². The fraction of sp³-hybridized carbons (Fsp3) is 0.292. The average molecular weight is 540 g/mol. The van der Waals surface area contributed by atoms with Crippen LogP contribution in [-0.4, -0.2) is 52.1 Å². The summed E-state index contributed by atoms with van der Waals surface area (Å²) in [5.41, 5.74) is -1.82. The number of benzene rings is 2. The van der Waals surface area contributed by atoms with Crippen LogP contribution >= 0.6 is 11.8 Å². The maximum absolute atomic E-state index is 13.5. The van der Waals surface area contributed by atoms with Gasteiger partial charge in [0.15, 0.2) is 0 Å². The fourth-order valence-electron chi connectivity index (χ4n) is 4.15. The molecule has 13 heteroatoms. The van der Waals surface area contributed by atoms with Crippen molar-refractivity contribution in [2.24, 2.45) is 4.99 Å². The Morgan fingerprint density at radius 3 is 2.46 bits per heavy atom. The third-order valence-corrected chi connectivity index (χ3v) is 6.66. The molecule has 1 saturated heterocycles. The number of rotatable bonds is 3. The van der Waals surface area contributed by atoms with Gasteiger partial charge in [0.05, 0.1) is 41.3 Å². The van der Waals surface area contributed by atoms with Gasteiger partial charge in [-0.25, -0.2) is 0 Å². The molecule has 0 aliphatic carbocycles. The minimum atomic E-state index is -4.96. The summed E-state index contributed by atoms with van der Waals surface area (Å²) in [4.78, 5) is 18.8. The summed E-state index contributed by atoms with van der Waals surface area (Å²) in [6.07, 6.45) is -6.52. The standard InChI is InChI=1S/C24H18F6N4O2S/c25-23(26,27)17-3-2-15(18(11-17)24(28,29)30)12-34-13-16-9-14(1-4-19(16)32-34)10-20-21(31-22(35)37-20)33-5-7-36-8-6-33/h1-4,9-11,13H,5-8,12H2/b20-10-. The van der Waals surface area contributed by atoms with E-state index in [0.717, 1.165) is 23.4 Å². The van der Waals surface area contributed by atoms with Gasteiger partial charge in [0.25, 0.3) is 0 Å². The number of fused-ring (bicyclic) bond motifs is 1. The zero-order valence-electron chi connectivity index (χ0n) is 18.9. The maximum Gasteiger partial charge on any atom is 0.416 e. The number of carbonyl (C=O) groups excluding carboxylic acids is 1. The van der Waals surface area contributed by atoms with Crippen molar-refractivity contribution in [2.75, 3.05) is 26.3 Å². The number of morpholine rings is 1. The zero-order chi connectivity index (χ0) is 26.4. The van der Waals surface area contributed by atoms with Crippen molar-refractivity contribution >= 4 is 39.8 Å². The highest BCUT2D eigenvalue weighted by Gasteiger charge is 2.38. The van der Waals surface area contributed by atoms with Gasteiger partial charge in [-0.1, -0.05) is 12.1 Å². The Labute approximate surface area is 210 Å². The molecule has 2 aliphatic rings. The number of amides is 1. The van der Waals surface area contributed by atoms with Gasteiger partial charge in [0.1, 0.15) is 5.84 Å². The van der Waals surface area contributed by atoms with Crippen molar-refractivity contribution < 1.29 is 35.9 Å². The Morgan fingerprint density at radius 2 is 1.76 bits per heavy atom. The first-order valence-corrected chi connectivity index (χ1v) is 11.9. The third-order valence-electron chi connectivity index (χ3n) is 5.87. The van der Waals surface area contributed by atoms with E-state index in [4.69, 9.17) is 4.74 Å². The Bertz CT molecular complexity index is 1420. The molecule has 37 heavy (non-hydrogen) atoms. The quantitative estimate of drug-likeness (QED) is 0.378. The number of nitrogens with zero attached hydrogens (tertiary/aromatic N) is 4. The first-order valence-electron chi connectivity index (χ1n) is 11.1. The van der Waals surface area contributed by atoms with Crippen LogP contribution in [0, 0.1) is 0 Å². The monoisotopic (exact) mass is 540 g/mol. The van der Waals surface area contributed by atoms with E-state index < -0.39 is 23.5 Å². The minimum Gasteiger partial charge on any atom is -0.378 e. The first kappa shape index (κ1) is 25.3. The first-order chi connectivity index (χ1) is 17.5. The van der Waals surface area contributed by atoms with Crippen LogP contribution in [0.1, 0.15) is 22.3 Å². The molecule has 3 heterocycles. The Balaban J connectivity index is 1.42. The molecule has 2 aromatic carbocycles. The highest BCUT2D eigenvalue weighted by Crippen LogP contribution is 2.38. The molecule has 0 N–H and O–H groups in total. The number of aliphatic imine (C=N–C) groups is 1. The van der Waals surface area contributed by atoms with Crippen LogP contribution in [0.4, 0.5) is 31.1 Å². The Morgan fingerprint density at radius 1 is 1.00 bits per heavy atom. The second kappa shape index (κ2) is 9.53. The van der Waals surface area contributed by atoms with Gasteiger partial charge in [-0.3, -0.25) is 9.48 Å². The van der Waals surface area contributed by atoms with Crippen LogP contribution in [0.25, 0.3) is 17.0 Å². The molecule has 1 aromatic heterocycles.